The molecule has 0 spiro atoms. The summed E-state index contributed by atoms with van der Waals surface area (Å²) in [4.78, 5) is 0. The summed E-state index contributed by atoms with van der Waals surface area (Å²) in [7, 11) is 0. The summed E-state index contributed by atoms with van der Waals surface area (Å²) in [5.74, 6) is 0. The highest BCUT2D eigenvalue weighted by molar-refractivity contribution is 6.08. The molecular weight excluding hydrogens is 504 g/mol. The Balaban J connectivity index is 1.74. The fourth-order valence-corrected chi connectivity index (χ4v) is 6.55. The van der Waals surface area contributed by atoms with Crippen molar-refractivity contribution in [2.75, 3.05) is 0 Å². The van der Waals surface area contributed by atoms with Gasteiger partial charge in [0.15, 0.2) is 0 Å². The van der Waals surface area contributed by atoms with Crippen LogP contribution in [0.2, 0.25) is 0 Å². The van der Waals surface area contributed by atoms with E-state index in [1.165, 1.54) is 104 Å². The summed E-state index contributed by atoms with van der Waals surface area (Å²) in [6.45, 7) is 4.60. The molecule has 0 aliphatic heterocycles. The van der Waals surface area contributed by atoms with Gasteiger partial charge in [-0.2, -0.15) is 0 Å². The highest BCUT2D eigenvalue weighted by Crippen LogP contribution is 2.29. The van der Waals surface area contributed by atoms with Gasteiger partial charge >= 0.3 is 0 Å². The number of rotatable bonds is 8. The van der Waals surface area contributed by atoms with Crippen LogP contribution >= 0.6 is 0 Å². The standard InChI is InChI=1S/C42H42/c1-3-5-7-13-37-31-19-23-33(24-20-31)39-15-9-11-17-41(39)35-27-29-36(30-28-35)42-18-12-10-16-40(42)34-25-21-32(22-26-34)38(37)14-8-6-4-2/h9-12,15-30H,3-8,13-14H2,1-2H3. The fraction of sp³-hybridized carbons (Fsp3) is 0.238. The maximum atomic E-state index is 2.38. The van der Waals surface area contributed by atoms with Gasteiger partial charge in [0.05, 0.1) is 0 Å². The van der Waals surface area contributed by atoms with Crippen LogP contribution in [-0.2, 0) is 12.8 Å². The summed E-state index contributed by atoms with van der Waals surface area (Å²) < 4.78 is 0. The first-order valence-electron chi connectivity index (χ1n) is 16.0. The second kappa shape index (κ2) is 13.2. The minimum atomic E-state index is 1.13. The van der Waals surface area contributed by atoms with Crippen LogP contribution in [0, 0.1) is 0 Å². The van der Waals surface area contributed by atoms with Crippen LogP contribution < -0.4 is 0 Å². The molecule has 0 N–H and O–H groups in total. The van der Waals surface area contributed by atoms with Crippen LogP contribution in [0.4, 0.5) is 0 Å². The number of unbranched alkanes of at least 4 members (excludes halogenated alkanes) is 4. The molecule has 6 bridgehead atoms. The summed E-state index contributed by atoms with van der Waals surface area (Å²) in [5, 5.41) is 12.9. The highest BCUT2D eigenvalue weighted by atomic mass is 14.1. The number of fused-ring (bicyclic) bond motifs is 3. The van der Waals surface area contributed by atoms with Gasteiger partial charge in [-0.1, -0.05) is 161 Å². The van der Waals surface area contributed by atoms with Crippen LogP contribution in [0.15, 0.2) is 121 Å². The molecule has 0 aromatic heterocycles. The molecule has 0 radical (unpaired) electrons. The van der Waals surface area contributed by atoms with Gasteiger partial charge < -0.3 is 0 Å². The van der Waals surface area contributed by atoms with E-state index in [4.69, 9.17) is 0 Å². The Bertz CT molecular complexity index is 1750. The SMILES string of the molecule is CCCCCc1c(CCCCC)c2ccc(cc2)c2ccccc2c2ccc(cc2)c2ccccc2c2ccc1cc2. The fourth-order valence-electron chi connectivity index (χ4n) is 6.55. The van der Waals surface area contributed by atoms with Crippen LogP contribution in [-0.4, -0.2) is 0 Å². The summed E-state index contributed by atoms with van der Waals surface area (Å²) >= 11 is 0. The normalized spacial score (nSPS) is 11.4. The van der Waals surface area contributed by atoms with Crippen LogP contribution in [0.3, 0.4) is 0 Å². The third-order valence-corrected chi connectivity index (χ3v) is 8.87. The molecule has 0 amide bonds. The lowest BCUT2D eigenvalue weighted by Gasteiger charge is -2.13. The highest BCUT2D eigenvalue weighted by Gasteiger charge is 2.08. The monoisotopic (exact) mass is 546 g/mol. The first-order chi connectivity index (χ1) is 20.8. The maximum Gasteiger partial charge on any atom is -0.0105 e. The zero-order chi connectivity index (χ0) is 28.7. The molecule has 9 aromatic carbocycles. The Labute approximate surface area is 251 Å². The Morgan fingerprint density at radius 2 is 0.571 bits per heavy atom. The average molecular weight is 547 g/mol. The quantitative estimate of drug-likeness (QED) is 0.167. The van der Waals surface area contributed by atoms with Crippen molar-refractivity contribution in [3.05, 3.63) is 132 Å². The predicted molar refractivity (Wildman–Crippen MR) is 187 cm³/mol. The lowest BCUT2D eigenvalue weighted by Crippen LogP contribution is -1.96. The van der Waals surface area contributed by atoms with Crippen LogP contribution in [0.1, 0.15) is 63.5 Å². The Morgan fingerprint density at radius 3 is 0.833 bits per heavy atom. The van der Waals surface area contributed by atoms with Gasteiger partial charge in [-0.25, -0.2) is 0 Å². The van der Waals surface area contributed by atoms with E-state index < -0.39 is 0 Å². The van der Waals surface area contributed by atoms with Crippen molar-refractivity contribution in [1.82, 2.24) is 0 Å². The van der Waals surface area contributed by atoms with E-state index >= 15 is 0 Å². The molecule has 0 nitrogen and oxygen atoms in total. The van der Waals surface area contributed by atoms with Gasteiger partial charge in [0.1, 0.15) is 0 Å². The van der Waals surface area contributed by atoms with Crippen molar-refractivity contribution in [2.45, 2.75) is 65.2 Å². The predicted octanol–water partition coefficient (Wildman–Crippen LogP) is 12.6. The molecule has 0 saturated carbocycles. The lowest BCUT2D eigenvalue weighted by atomic mass is 9.92. The molecular formula is C42H42. The molecule has 0 saturated heterocycles. The number of aryl methyl sites for hydroxylation is 2. The second-order valence-corrected chi connectivity index (χ2v) is 11.7. The smallest absolute Gasteiger partial charge is 0.0105 e. The minimum absolute atomic E-state index is 1.13. The van der Waals surface area contributed by atoms with Gasteiger partial charge in [-0.15, -0.1) is 0 Å². The third kappa shape index (κ3) is 5.90. The zero-order valence-electron chi connectivity index (χ0n) is 25.2. The minimum Gasteiger partial charge on any atom is -0.0654 e. The molecule has 210 valence electrons. The van der Waals surface area contributed by atoms with Gasteiger partial charge in [0, 0.05) is 0 Å². The van der Waals surface area contributed by atoms with Crippen molar-refractivity contribution >= 4 is 53.9 Å². The molecule has 0 heteroatoms. The molecule has 0 unspecified atom stereocenters. The number of hydrogen-bond donors (Lipinski definition) is 0. The molecule has 0 aliphatic carbocycles. The van der Waals surface area contributed by atoms with E-state index in [0.717, 1.165) is 12.8 Å². The molecule has 9 aromatic rings. The van der Waals surface area contributed by atoms with E-state index in [9.17, 15) is 0 Å². The van der Waals surface area contributed by atoms with Crippen molar-refractivity contribution in [2.24, 2.45) is 0 Å². The van der Waals surface area contributed by atoms with E-state index in [-0.39, 0.29) is 0 Å². The van der Waals surface area contributed by atoms with Crippen molar-refractivity contribution in [3.63, 3.8) is 0 Å². The van der Waals surface area contributed by atoms with Crippen LogP contribution in [0.25, 0.3) is 53.9 Å². The average Bonchev–Trinajstić information content (AvgIpc) is 3.06. The summed E-state index contributed by atoms with van der Waals surface area (Å²) in [6, 6.07) is 45.7. The molecule has 0 atom stereocenters. The second-order valence-electron chi connectivity index (χ2n) is 11.7. The number of hydrogen-bond acceptors (Lipinski definition) is 0. The van der Waals surface area contributed by atoms with Crippen molar-refractivity contribution in [1.29, 1.82) is 0 Å². The first-order valence-corrected chi connectivity index (χ1v) is 16.0. The van der Waals surface area contributed by atoms with Crippen molar-refractivity contribution < 1.29 is 0 Å². The van der Waals surface area contributed by atoms with E-state index in [1.807, 2.05) is 0 Å². The zero-order valence-corrected chi connectivity index (χ0v) is 25.2. The van der Waals surface area contributed by atoms with Gasteiger partial charge in [0.2, 0.25) is 0 Å². The maximum absolute atomic E-state index is 2.38. The Hall–Kier alpha value is -4.16. The molecule has 0 aliphatic rings. The van der Waals surface area contributed by atoms with E-state index in [0.29, 0.717) is 0 Å². The van der Waals surface area contributed by atoms with Crippen molar-refractivity contribution in [3.8, 4) is 0 Å². The first kappa shape index (κ1) is 28.0. The number of benzene rings is 5. The van der Waals surface area contributed by atoms with Gasteiger partial charge in [-0.3, -0.25) is 0 Å². The molecule has 0 fully saturated rings. The third-order valence-electron chi connectivity index (χ3n) is 8.87. The van der Waals surface area contributed by atoms with Crippen LogP contribution in [0.5, 0.6) is 0 Å². The summed E-state index contributed by atoms with van der Waals surface area (Å²) in [5.41, 5.74) is 3.06. The van der Waals surface area contributed by atoms with Gasteiger partial charge in [0.25, 0.3) is 0 Å². The topological polar surface area (TPSA) is 0 Å². The van der Waals surface area contributed by atoms with E-state index in [1.54, 1.807) is 0 Å². The van der Waals surface area contributed by atoms with E-state index in [2.05, 4.69) is 135 Å². The molecule has 42 heavy (non-hydrogen) atoms. The molecule has 9 rings (SSSR count). The lowest BCUT2D eigenvalue weighted by molar-refractivity contribution is 0.698. The van der Waals surface area contributed by atoms with Gasteiger partial charge in [-0.05, 0) is 90.7 Å². The molecule has 0 heterocycles. The largest absolute Gasteiger partial charge is 0.0654 e. The summed E-state index contributed by atoms with van der Waals surface area (Å²) in [6.07, 6.45) is 9.73. The Kier molecular flexibility index (Phi) is 8.80. The Morgan fingerprint density at radius 1 is 0.310 bits per heavy atom.